The van der Waals surface area contributed by atoms with Crippen LogP contribution in [0.25, 0.3) is 0 Å². The predicted octanol–water partition coefficient (Wildman–Crippen LogP) is 0.224. The third-order valence-corrected chi connectivity index (χ3v) is 5.28. The molecule has 0 fully saturated rings. The van der Waals surface area contributed by atoms with Crippen molar-refractivity contribution in [3.8, 4) is 0 Å². The molecule has 0 aromatic rings. The first-order valence-electron chi connectivity index (χ1n) is 5.08. The molecule has 0 rings (SSSR count). The molecule has 1 N–H and O–H groups in total. The zero-order valence-corrected chi connectivity index (χ0v) is 11.1. The van der Waals surface area contributed by atoms with Gasteiger partial charge in [0.05, 0.1) is 0 Å². The molecule has 5 nitrogen and oxygen atoms in total. The topological polar surface area (TPSA) is 65.0 Å². The third kappa shape index (κ3) is 6.74. The largest absolute Gasteiger partial charge is 0.500 e. The fourth-order valence-corrected chi connectivity index (χ4v) is 3.14. The van der Waals surface area contributed by atoms with Crippen LogP contribution in [0.1, 0.15) is 19.3 Å². The van der Waals surface area contributed by atoms with Crippen LogP contribution < -0.4 is 0 Å². The first-order valence-corrected chi connectivity index (χ1v) is 7.01. The Hall–Kier alpha value is -0.476. The van der Waals surface area contributed by atoms with Crippen molar-refractivity contribution in [3.05, 3.63) is 12.2 Å². The number of hydrogen-bond acceptors (Lipinski definition) is 4. The second-order valence-electron chi connectivity index (χ2n) is 3.41. The van der Waals surface area contributed by atoms with Crippen LogP contribution in [0.2, 0.25) is 6.04 Å². The Balaban J connectivity index is 0. The first-order chi connectivity index (χ1) is 7.51. The monoisotopic (exact) mass is 280 g/mol. The molecule has 0 unspecified atom stereocenters. The normalized spacial score (nSPS) is 10.8. The van der Waals surface area contributed by atoms with Gasteiger partial charge in [-0.05, 0) is 30.2 Å². The van der Waals surface area contributed by atoms with Crippen molar-refractivity contribution >= 4 is 25.7 Å². The number of aliphatic carboxylic acids is 1. The van der Waals surface area contributed by atoms with Gasteiger partial charge in [0.15, 0.2) is 0 Å². The highest BCUT2D eigenvalue weighted by molar-refractivity contribution is 6.60. The molecule has 0 amide bonds. The van der Waals surface area contributed by atoms with Crippen LogP contribution in [-0.4, -0.2) is 52.2 Å². The fourth-order valence-electron chi connectivity index (χ4n) is 1.34. The summed E-state index contributed by atoms with van der Waals surface area (Å²) in [5.41, 5.74) is 0.236. The molecule has 102 valence electrons. The summed E-state index contributed by atoms with van der Waals surface area (Å²) in [6.45, 7) is 3.47. The lowest BCUT2D eigenvalue weighted by atomic mass is 10.1. The maximum Gasteiger partial charge on any atom is 0.500 e. The number of carbonyl (C=O) groups is 1. The summed E-state index contributed by atoms with van der Waals surface area (Å²) in [5, 5.41) is 8.61. The Morgan fingerprint density at radius 1 is 1.18 bits per heavy atom. The van der Waals surface area contributed by atoms with Crippen molar-refractivity contribution in [1.82, 2.24) is 0 Å². The van der Waals surface area contributed by atoms with Gasteiger partial charge in [-0.15, -0.1) is 0 Å². The molecule has 0 aliphatic rings. The highest BCUT2D eigenvalue weighted by Crippen LogP contribution is 2.18. The first kappa shape index (κ1) is 18.9. The van der Waals surface area contributed by atoms with Crippen molar-refractivity contribution in [3.63, 3.8) is 0 Å². The molecule has 0 atom stereocenters. The second-order valence-corrected chi connectivity index (χ2v) is 6.50. The van der Waals surface area contributed by atoms with Gasteiger partial charge in [0, 0.05) is 32.9 Å². The minimum atomic E-state index is -2.49. The van der Waals surface area contributed by atoms with E-state index in [1.807, 2.05) is 0 Å². The molecule has 0 spiro atoms. The van der Waals surface area contributed by atoms with Crippen molar-refractivity contribution in [2.75, 3.05) is 21.3 Å². The summed E-state index contributed by atoms with van der Waals surface area (Å²) >= 11 is 0. The molecular weight excluding hydrogens is 256 g/mol. The van der Waals surface area contributed by atoms with Gasteiger partial charge < -0.3 is 18.4 Å². The Labute approximate surface area is 108 Å². The SMILES string of the molecule is C=C(CCCC[Si](OC)(OC)OC)C(=O)O.[SiH4]. The Kier molecular flexibility index (Phi) is 10.6. The molecule has 0 aromatic heterocycles. The summed E-state index contributed by atoms with van der Waals surface area (Å²) < 4.78 is 15.7. The molecular formula is C10H24O5Si2. The van der Waals surface area contributed by atoms with Crippen molar-refractivity contribution in [2.45, 2.75) is 25.3 Å². The zero-order valence-electron chi connectivity index (χ0n) is 10.1. The molecule has 7 heteroatoms. The maximum absolute atomic E-state index is 10.5. The lowest BCUT2D eigenvalue weighted by Crippen LogP contribution is -2.42. The molecule has 0 saturated carbocycles. The third-order valence-electron chi connectivity index (χ3n) is 2.45. The van der Waals surface area contributed by atoms with Gasteiger partial charge in [-0.1, -0.05) is 6.58 Å². The van der Waals surface area contributed by atoms with Crippen LogP contribution in [0.15, 0.2) is 12.2 Å². The Morgan fingerprint density at radius 2 is 1.65 bits per heavy atom. The van der Waals surface area contributed by atoms with Crippen LogP contribution in [0.5, 0.6) is 0 Å². The summed E-state index contributed by atoms with van der Waals surface area (Å²) in [5.74, 6) is -0.936. The van der Waals surface area contributed by atoms with E-state index in [1.165, 1.54) is 0 Å². The summed E-state index contributed by atoms with van der Waals surface area (Å²) in [6, 6.07) is 0.684. The van der Waals surface area contributed by atoms with E-state index in [-0.39, 0.29) is 16.5 Å². The zero-order chi connectivity index (χ0) is 12.6. The van der Waals surface area contributed by atoms with Crippen LogP contribution in [0, 0.1) is 0 Å². The predicted molar refractivity (Wildman–Crippen MR) is 73.5 cm³/mol. The van der Waals surface area contributed by atoms with Gasteiger partial charge in [0.25, 0.3) is 0 Å². The molecule has 0 saturated heterocycles. The van der Waals surface area contributed by atoms with E-state index in [4.69, 9.17) is 18.4 Å². The average Bonchev–Trinajstić information content (AvgIpc) is 2.30. The van der Waals surface area contributed by atoms with Crippen LogP contribution in [0.3, 0.4) is 0 Å². The van der Waals surface area contributed by atoms with Crippen molar-refractivity contribution < 1.29 is 23.2 Å². The van der Waals surface area contributed by atoms with E-state index >= 15 is 0 Å². The number of rotatable bonds is 9. The van der Waals surface area contributed by atoms with Crippen molar-refractivity contribution in [2.24, 2.45) is 0 Å². The minimum absolute atomic E-state index is 0. The minimum Gasteiger partial charge on any atom is -0.478 e. The molecule has 17 heavy (non-hydrogen) atoms. The molecule has 0 aromatic carbocycles. The second kappa shape index (κ2) is 9.54. The summed E-state index contributed by atoms with van der Waals surface area (Å²) in [4.78, 5) is 10.5. The van der Waals surface area contributed by atoms with E-state index < -0.39 is 14.8 Å². The van der Waals surface area contributed by atoms with E-state index in [1.54, 1.807) is 21.3 Å². The molecule has 0 radical (unpaired) electrons. The van der Waals surface area contributed by atoms with Gasteiger partial charge >= 0.3 is 14.8 Å². The van der Waals surface area contributed by atoms with Crippen molar-refractivity contribution in [1.29, 1.82) is 0 Å². The summed E-state index contributed by atoms with van der Waals surface area (Å²) in [7, 11) is 2.20. The van der Waals surface area contributed by atoms with Crippen LogP contribution in [0.4, 0.5) is 0 Å². The maximum atomic E-state index is 10.5. The van der Waals surface area contributed by atoms with Crippen LogP contribution in [-0.2, 0) is 18.1 Å². The number of unbranched alkanes of at least 4 members (excludes halogenated alkanes) is 1. The quantitative estimate of drug-likeness (QED) is 0.372. The van der Waals surface area contributed by atoms with Gasteiger partial charge in [-0.2, -0.15) is 0 Å². The fraction of sp³-hybridized carbons (Fsp3) is 0.700. The Morgan fingerprint density at radius 3 is 2.00 bits per heavy atom. The number of carboxylic acid groups (broad SMARTS) is 1. The molecule has 0 heterocycles. The number of hydrogen-bond donors (Lipinski definition) is 1. The summed E-state index contributed by atoms with van der Waals surface area (Å²) in [6.07, 6.45) is 2.03. The molecule has 0 aliphatic heterocycles. The van der Waals surface area contributed by atoms with Gasteiger partial charge in [0.1, 0.15) is 0 Å². The van der Waals surface area contributed by atoms with E-state index in [9.17, 15) is 4.79 Å². The van der Waals surface area contributed by atoms with Gasteiger partial charge in [-0.25, -0.2) is 4.79 Å². The lowest BCUT2D eigenvalue weighted by molar-refractivity contribution is -0.132. The number of carboxylic acids is 1. The van der Waals surface area contributed by atoms with E-state index in [0.29, 0.717) is 12.5 Å². The average molecular weight is 280 g/mol. The van der Waals surface area contributed by atoms with Gasteiger partial charge in [0.2, 0.25) is 0 Å². The molecule has 0 aliphatic carbocycles. The standard InChI is InChI=1S/C10H20O5Si.H4Si/c1-9(10(11)12)7-5-6-8-16(13-2,14-3)15-4;/h1,5-8H2,2-4H3,(H,11,12);1H4. The highest BCUT2D eigenvalue weighted by Gasteiger charge is 2.36. The lowest BCUT2D eigenvalue weighted by Gasteiger charge is -2.24. The highest BCUT2D eigenvalue weighted by atomic mass is 28.4. The van der Waals surface area contributed by atoms with E-state index in [2.05, 4.69) is 6.58 Å². The van der Waals surface area contributed by atoms with Gasteiger partial charge in [-0.3, -0.25) is 0 Å². The smallest absolute Gasteiger partial charge is 0.478 e. The van der Waals surface area contributed by atoms with Crippen LogP contribution >= 0.6 is 0 Å². The Bertz CT molecular complexity index is 233. The molecule has 0 bridgehead atoms. The van der Waals surface area contributed by atoms with E-state index in [0.717, 1.165) is 12.8 Å².